The van der Waals surface area contributed by atoms with Crippen LogP contribution in [0.25, 0.3) is 0 Å². The Balaban J connectivity index is 2.40. The lowest BCUT2D eigenvalue weighted by atomic mass is 10.2. The van der Waals surface area contributed by atoms with Crippen molar-refractivity contribution in [3.8, 4) is 0 Å². The molecule has 0 aliphatic carbocycles. The third kappa shape index (κ3) is 5.18. The van der Waals surface area contributed by atoms with E-state index < -0.39 is 9.84 Å². The zero-order valence-corrected chi connectivity index (χ0v) is 11.4. The lowest BCUT2D eigenvalue weighted by Gasteiger charge is -2.05. The molecule has 0 radical (unpaired) electrons. The smallest absolute Gasteiger partial charge is 0.251 e. The first-order chi connectivity index (χ1) is 8.42. The summed E-state index contributed by atoms with van der Waals surface area (Å²) in [7, 11) is -1.15. The first-order valence-corrected chi connectivity index (χ1v) is 7.72. The molecule has 1 aromatic carbocycles. The Bertz CT molecular complexity index is 495. The molecule has 1 aromatic rings. The van der Waals surface area contributed by atoms with Gasteiger partial charge in [-0.1, -0.05) is 0 Å². The van der Waals surface area contributed by atoms with E-state index in [1.54, 1.807) is 19.2 Å². The van der Waals surface area contributed by atoms with Crippen LogP contribution in [0.2, 0.25) is 0 Å². The van der Waals surface area contributed by atoms with Crippen LogP contribution in [0.4, 0.5) is 5.69 Å². The van der Waals surface area contributed by atoms with Crippen molar-refractivity contribution in [2.75, 3.05) is 30.9 Å². The van der Waals surface area contributed by atoms with Crippen LogP contribution in [0.3, 0.4) is 0 Å². The minimum atomic E-state index is -2.96. The van der Waals surface area contributed by atoms with E-state index in [0.29, 0.717) is 18.5 Å². The summed E-state index contributed by atoms with van der Waals surface area (Å²) in [5, 5.41) is 5.65. The topological polar surface area (TPSA) is 75.3 Å². The molecule has 18 heavy (non-hydrogen) atoms. The number of nitrogens with one attached hydrogen (secondary N) is 2. The molecule has 0 bridgehead atoms. The second kappa shape index (κ2) is 6.39. The van der Waals surface area contributed by atoms with Gasteiger partial charge in [-0.15, -0.1) is 0 Å². The molecule has 2 N–H and O–H groups in total. The van der Waals surface area contributed by atoms with Crippen molar-refractivity contribution in [3.63, 3.8) is 0 Å². The molecule has 100 valence electrons. The fourth-order valence-electron chi connectivity index (χ4n) is 1.43. The predicted octanol–water partition coefficient (Wildman–Crippen LogP) is 0.893. The maximum absolute atomic E-state index is 11.7. The number of rotatable bonds is 6. The summed E-state index contributed by atoms with van der Waals surface area (Å²) in [6.45, 7) is 0.361. The fourth-order valence-corrected chi connectivity index (χ4v) is 2.10. The highest BCUT2D eigenvalue weighted by Gasteiger charge is 2.06. The average molecular weight is 270 g/mol. The summed E-state index contributed by atoms with van der Waals surface area (Å²) >= 11 is 0. The van der Waals surface area contributed by atoms with Gasteiger partial charge in [-0.3, -0.25) is 4.79 Å². The fraction of sp³-hybridized carbons (Fsp3) is 0.417. The summed E-state index contributed by atoms with van der Waals surface area (Å²) in [6, 6.07) is 7.06. The van der Waals surface area contributed by atoms with E-state index >= 15 is 0 Å². The van der Waals surface area contributed by atoms with Crippen LogP contribution in [0.1, 0.15) is 16.8 Å². The number of amides is 1. The molecule has 0 unspecified atom stereocenters. The van der Waals surface area contributed by atoms with Gasteiger partial charge in [0.05, 0.1) is 5.75 Å². The molecule has 0 atom stereocenters. The molecule has 6 heteroatoms. The number of sulfone groups is 1. The van der Waals surface area contributed by atoms with E-state index in [1.165, 1.54) is 6.26 Å². The number of hydrogen-bond donors (Lipinski definition) is 2. The molecule has 1 rings (SSSR count). The van der Waals surface area contributed by atoms with E-state index in [1.807, 2.05) is 12.1 Å². The van der Waals surface area contributed by atoms with Crippen LogP contribution in [0.5, 0.6) is 0 Å². The summed E-state index contributed by atoms with van der Waals surface area (Å²) in [4.78, 5) is 11.7. The standard InChI is InChI=1S/C12H18N2O3S/c1-13-11-6-4-10(5-7-11)12(15)14-8-3-9-18(2,16)17/h4-7,13H,3,8-9H2,1-2H3,(H,14,15). The minimum Gasteiger partial charge on any atom is -0.388 e. The molecule has 0 fully saturated rings. The summed E-state index contributed by atoms with van der Waals surface area (Å²) < 4.78 is 21.8. The maximum atomic E-state index is 11.7. The average Bonchev–Trinajstić information content (AvgIpc) is 2.33. The molecular formula is C12H18N2O3S. The number of carbonyl (C=O) groups is 1. The van der Waals surface area contributed by atoms with Gasteiger partial charge >= 0.3 is 0 Å². The van der Waals surface area contributed by atoms with Gasteiger partial charge in [0.1, 0.15) is 9.84 Å². The quantitative estimate of drug-likeness (QED) is 0.753. The van der Waals surface area contributed by atoms with Crippen molar-refractivity contribution in [3.05, 3.63) is 29.8 Å². The Morgan fingerprint density at radius 1 is 1.22 bits per heavy atom. The van der Waals surface area contributed by atoms with Crippen LogP contribution in [0.15, 0.2) is 24.3 Å². The summed E-state index contributed by atoms with van der Waals surface area (Å²) in [6.07, 6.45) is 1.62. The zero-order valence-electron chi connectivity index (χ0n) is 10.6. The van der Waals surface area contributed by atoms with E-state index in [2.05, 4.69) is 10.6 Å². The van der Waals surface area contributed by atoms with E-state index in [9.17, 15) is 13.2 Å². The maximum Gasteiger partial charge on any atom is 0.251 e. The number of benzene rings is 1. The van der Waals surface area contributed by atoms with Gasteiger partial charge in [-0.2, -0.15) is 0 Å². The zero-order chi connectivity index (χ0) is 13.6. The van der Waals surface area contributed by atoms with E-state index in [4.69, 9.17) is 0 Å². The van der Waals surface area contributed by atoms with Crippen molar-refractivity contribution in [1.82, 2.24) is 5.32 Å². The molecule has 0 spiro atoms. The van der Waals surface area contributed by atoms with Gasteiger partial charge in [0.25, 0.3) is 5.91 Å². The molecule has 0 saturated carbocycles. The lowest BCUT2D eigenvalue weighted by molar-refractivity contribution is 0.0953. The molecular weight excluding hydrogens is 252 g/mol. The third-order valence-electron chi connectivity index (χ3n) is 2.41. The van der Waals surface area contributed by atoms with Gasteiger partial charge < -0.3 is 10.6 Å². The summed E-state index contributed by atoms with van der Waals surface area (Å²) in [5.74, 6) is -0.0995. The van der Waals surface area contributed by atoms with Gasteiger partial charge in [-0.05, 0) is 30.7 Å². The summed E-state index contributed by atoms with van der Waals surface area (Å²) in [5.41, 5.74) is 1.50. The van der Waals surface area contributed by atoms with Crippen molar-refractivity contribution >= 4 is 21.4 Å². The van der Waals surface area contributed by atoms with Gasteiger partial charge in [0, 0.05) is 31.1 Å². The molecule has 0 aromatic heterocycles. The molecule has 0 aliphatic heterocycles. The Kier molecular flexibility index (Phi) is 5.15. The minimum absolute atomic E-state index is 0.0893. The first kappa shape index (κ1) is 14.5. The highest BCUT2D eigenvalue weighted by molar-refractivity contribution is 7.90. The van der Waals surface area contributed by atoms with Crippen LogP contribution in [-0.2, 0) is 9.84 Å². The number of carbonyl (C=O) groups excluding carboxylic acids is 1. The molecule has 0 aliphatic rings. The monoisotopic (exact) mass is 270 g/mol. The van der Waals surface area contributed by atoms with Crippen molar-refractivity contribution in [1.29, 1.82) is 0 Å². The normalized spacial score (nSPS) is 11.0. The second-order valence-corrected chi connectivity index (χ2v) is 6.33. The third-order valence-corrected chi connectivity index (χ3v) is 3.44. The lowest BCUT2D eigenvalue weighted by Crippen LogP contribution is -2.25. The Labute approximate surface area is 108 Å². The van der Waals surface area contributed by atoms with Crippen LogP contribution < -0.4 is 10.6 Å². The Morgan fingerprint density at radius 2 is 1.83 bits per heavy atom. The highest BCUT2D eigenvalue weighted by atomic mass is 32.2. The van der Waals surface area contributed by atoms with Crippen LogP contribution in [0, 0.1) is 0 Å². The SMILES string of the molecule is CNc1ccc(C(=O)NCCCS(C)(=O)=O)cc1. The van der Waals surface area contributed by atoms with E-state index in [0.717, 1.165) is 5.69 Å². The van der Waals surface area contributed by atoms with E-state index in [-0.39, 0.29) is 11.7 Å². The largest absolute Gasteiger partial charge is 0.388 e. The Morgan fingerprint density at radius 3 is 2.33 bits per heavy atom. The number of hydrogen-bond acceptors (Lipinski definition) is 4. The van der Waals surface area contributed by atoms with Crippen molar-refractivity contribution in [2.24, 2.45) is 0 Å². The van der Waals surface area contributed by atoms with Crippen LogP contribution in [-0.4, -0.2) is 39.9 Å². The first-order valence-electron chi connectivity index (χ1n) is 5.66. The molecule has 1 amide bonds. The second-order valence-electron chi connectivity index (χ2n) is 4.07. The number of anilines is 1. The molecule has 0 heterocycles. The van der Waals surface area contributed by atoms with Gasteiger partial charge in [0.15, 0.2) is 0 Å². The Hall–Kier alpha value is -1.56. The van der Waals surface area contributed by atoms with Crippen LogP contribution >= 0.6 is 0 Å². The highest BCUT2D eigenvalue weighted by Crippen LogP contribution is 2.08. The molecule has 5 nitrogen and oxygen atoms in total. The van der Waals surface area contributed by atoms with Crippen molar-refractivity contribution < 1.29 is 13.2 Å². The predicted molar refractivity (Wildman–Crippen MR) is 72.6 cm³/mol. The van der Waals surface area contributed by atoms with Crippen molar-refractivity contribution in [2.45, 2.75) is 6.42 Å². The van der Waals surface area contributed by atoms with Gasteiger partial charge in [0.2, 0.25) is 0 Å². The molecule has 0 saturated heterocycles. The van der Waals surface area contributed by atoms with Gasteiger partial charge in [-0.25, -0.2) is 8.42 Å².